The highest BCUT2D eigenvalue weighted by atomic mass is 19.3. The van der Waals surface area contributed by atoms with Crippen LogP contribution in [0.3, 0.4) is 0 Å². The Bertz CT molecular complexity index is 1660. The van der Waals surface area contributed by atoms with Crippen molar-refractivity contribution in [2.45, 2.75) is 102 Å². The quantitative estimate of drug-likeness (QED) is 0.272. The van der Waals surface area contributed by atoms with Gasteiger partial charge in [0.25, 0.3) is 12.3 Å². The minimum absolute atomic E-state index is 0.00821. The van der Waals surface area contributed by atoms with Crippen LogP contribution in [0.15, 0.2) is 24.7 Å². The van der Waals surface area contributed by atoms with E-state index in [4.69, 9.17) is 14.5 Å². The largest absolute Gasteiger partial charge is 0.444 e. The molecule has 3 aromatic heterocycles. The Balaban J connectivity index is 0.882. The summed E-state index contributed by atoms with van der Waals surface area (Å²) in [5.74, 6) is 0.827. The average Bonchev–Trinajstić information content (AvgIpc) is 3.90. The molecule has 1 N–H and O–H groups in total. The zero-order valence-electron chi connectivity index (χ0n) is 29.3. The molecule has 4 aliphatic heterocycles. The Morgan fingerprint density at radius 2 is 1.86 bits per heavy atom. The van der Waals surface area contributed by atoms with E-state index < -0.39 is 23.6 Å². The zero-order chi connectivity index (χ0) is 35.0. The molecule has 272 valence electrons. The van der Waals surface area contributed by atoms with Crippen molar-refractivity contribution in [3.63, 3.8) is 0 Å². The molecule has 0 unspecified atom stereocenters. The number of rotatable bonds is 10. The lowest BCUT2D eigenvalue weighted by molar-refractivity contribution is 0.0180. The van der Waals surface area contributed by atoms with Crippen LogP contribution in [0.2, 0.25) is 0 Å². The van der Waals surface area contributed by atoms with Crippen LogP contribution in [-0.2, 0) is 9.47 Å². The molecule has 0 aromatic carbocycles. The molecule has 0 radical (unpaired) electrons. The van der Waals surface area contributed by atoms with E-state index in [1.807, 2.05) is 31.7 Å². The van der Waals surface area contributed by atoms with Crippen LogP contribution >= 0.6 is 0 Å². The van der Waals surface area contributed by atoms with Crippen molar-refractivity contribution in [2.75, 3.05) is 56.1 Å². The number of carbonyl (C=O) groups is 2. The number of morpholine rings is 1. The molecule has 0 spiro atoms. The first-order valence-corrected chi connectivity index (χ1v) is 18.1. The normalized spacial score (nSPS) is 22.3. The fraction of sp³-hybridized carbons (Fsp3) is 0.686. The van der Waals surface area contributed by atoms with Crippen molar-refractivity contribution in [2.24, 2.45) is 5.92 Å². The monoisotopic (exact) mass is 697 g/mol. The van der Waals surface area contributed by atoms with Crippen LogP contribution in [0.4, 0.5) is 25.1 Å². The van der Waals surface area contributed by atoms with E-state index in [0.29, 0.717) is 18.2 Å². The molecular weight excluding hydrogens is 648 g/mol. The topological polar surface area (TPSA) is 122 Å². The van der Waals surface area contributed by atoms with Crippen molar-refractivity contribution in [1.29, 1.82) is 0 Å². The Morgan fingerprint density at radius 3 is 2.54 bits per heavy atom. The van der Waals surface area contributed by atoms with Gasteiger partial charge >= 0.3 is 6.09 Å². The van der Waals surface area contributed by atoms with Gasteiger partial charge in [-0.15, -0.1) is 0 Å². The number of amides is 2. The Kier molecular flexibility index (Phi) is 9.97. The first-order valence-electron chi connectivity index (χ1n) is 18.1. The number of hydrogen-bond acceptors (Lipinski definition) is 9. The number of carbonyl (C=O) groups excluding carboxylic acids is 2. The second kappa shape index (κ2) is 14.4. The standard InChI is InChI=1S/C35H49F2N9O4/c1-35(2,3)50-34(48)43-15-7-23(8-16-43)6-4-5-12-42-13-9-24(10-14-42)46-21-28(30(41-46)31(36)37)39-33(47)27-19-38-45-17-11-29(40-32(27)45)44-20-26-18-25(44)22-49-26/h11,17,19,21,23-26,31H,4-10,12-16,18,20,22H2,1-3H3,(H,39,47)/t25-,26-/m1/s1. The number of nitrogens with one attached hydrogen (secondary N) is 1. The maximum Gasteiger partial charge on any atom is 0.410 e. The first kappa shape index (κ1) is 34.6. The summed E-state index contributed by atoms with van der Waals surface area (Å²) < 4.78 is 42.6. The predicted molar refractivity (Wildman–Crippen MR) is 183 cm³/mol. The van der Waals surface area contributed by atoms with Gasteiger partial charge in [0.1, 0.15) is 17.0 Å². The summed E-state index contributed by atoms with van der Waals surface area (Å²) in [5, 5.41) is 11.2. The molecule has 3 aromatic rings. The van der Waals surface area contributed by atoms with Gasteiger partial charge in [0.15, 0.2) is 11.3 Å². The van der Waals surface area contributed by atoms with Crippen LogP contribution in [0.5, 0.6) is 0 Å². The van der Waals surface area contributed by atoms with E-state index in [9.17, 15) is 18.4 Å². The second-order valence-corrected chi connectivity index (χ2v) is 15.3. The molecule has 13 nitrogen and oxygen atoms in total. The number of aromatic nitrogens is 5. The number of likely N-dealkylation sites (tertiary alicyclic amines) is 2. The molecule has 4 fully saturated rings. The lowest BCUT2D eigenvalue weighted by Gasteiger charge is -2.34. The minimum atomic E-state index is -2.84. The van der Waals surface area contributed by atoms with Gasteiger partial charge in [-0.3, -0.25) is 9.48 Å². The molecule has 0 aliphatic carbocycles. The van der Waals surface area contributed by atoms with E-state index >= 15 is 0 Å². The van der Waals surface area contributed by atoms with Crippen molar-refractivity contribution in [3.8, 4) is 0 Å². The van der Waals surface area contributed by atoms with E-state index in [-0.39, 0.29) is 35.5 Å². The van der Waals surface area contributed by atoms with E-state index in [0.717, 1.165) is 96.5 Å². The summed E-state index contributed by atoms with van der Waals surface area (Å²) in [6.07, 6.45) is 9.87. The maximum atomic E-state index is 14.1. The summed E-state index contributed by atoms with van der Waals surface area (Å²) in [7, 11) is 0. The van der Waals surface area contributed by atoms with Gasteiger partial charge in [-0.1, -0.05) is 12.8 Å². The highest BCUT2D eigenvalue weighted by molar-refractivity contribution is 6.08. The molecule has 2 atom stereocenters. The molecule has 7 heterocycles. The molecule has 4 saturated heterocycles. The number of fused-ring (bicyclic) bond motifs is 3. The third-order valence-electron chi connectivity index (χ3n) is 10.5. The minimum Gasteiger partial charge on any atom is -0.444 e. The predicted octanol–water partition coefficient (Wildman–Crippen LogP) is 5.55. The van der Waals surface area contributed by atoms with E-state index in [1.54, 1.807) is 17.1 Å². The van der Waals surface area contributed by atoms with Crippen molar-refractivity contribution in [3.05, 3.63) is 35.9 Å². The summed E-state index contributed by atoms with van der Waals surface area (Å²) in [6, 6.07) is 2.10. The molecule has 0 saturated carbocycles. The number of piperidine rings is 2. The first-order chi connectivity index (χ1) is 24.0. The summed E-state index contributed by atoms with van der Waals surface area (Å²) >= 11 is 0. The number of unbranched alkanes of at least 4 members (excludes halogenated alkanes) is 1. The van der Waals surface area contributed by atoms with Crippen LogP contribution in [-0.4, -0.2) is 110 Å². The third-order valence-corrected chi connectivity index (χ3v) is 10.5. The summed E-state index contributed by atoms with van der Waals surface area (Å²) in [6.45, 7) is 11.3. The zero-order valence-corrected chi connectivity index (χ0v) is 29.3. The molecular formula is C35H49F2N9O4. The molecule has 50 heavy (non-hydrogen) atoms. The van der Waals surface area contributed by atoms with E-state index in [1.165, 1.54) is 10.7 Å². The van der Waals surface area contributed by atoms with Gasteiger partial charge in [-0.05, 0) is 77.8 Å². The number of hydrogen-bond donors (Lipinski definition) is 1. The molecule has 2 bridgehead atoms. The van der Waals surface area contributed by atoms with Crippen molar-refractivity contribution in [1.82, 2.24) is 34.2 Å². The maximum absolute atomic E-state index is 14.1. The van der Waals surface area contributed by atoms with Crippen molar-refractivity contribution < 1.29 is 27.8 Å². The Hall–Kier alpha value is -3.85. The van der Waals surface area contributed by atoms with Crippen LogP contribution < -0.4 is 10.2 Å². The van der Waals surface area contributed by atoms with Gasteiger partial charge in [0, 0.05) is 45.1 Å². The van der Waals surface area contributed by atoms with Crippen LogP contribution in [0.1, 0.15) is 101 Å². The SMILES string of the molecule is CC(C)(C)OC(=O)N1CCC(CCCCN2CCC(n3cc(NC(=O)c4cnn5ccc(N6C[C@H]7C[C@@H]6CO7)nc45)c(C(F)F)n3)CC2)CC1. The van der Waals surface area contributed by atoms with Gasteiger partial charge in [-0.2, -0.15) is 10.2 Å². The highest BCUT2D eigenvalue weighted by Gasteiger charge is 2.40. The second-order valence-electron chi connectivity index (χ2n) is 15.3. The average molecular weight is 698 g/mol. The smallest absolute Gasteiger partial charge is 0.410 e. The van der Waals surface area contributed by atoms with Crippen LogP contribution in [0.25, 0.3) is 5.65 Å². The number of nitrogens with zero attached hydrogens (tertiary/aromatic N) is 8. The molecule has 15 heteroatoms. The lowest BCUT2D eigenvalue weighted by Crippen LogP contribution is -2.41. The molecule has 2 amide bonds. The third kappa shape index (κ3) is 7.73. The van der Waals surface area contributed by atoms with Gasteiger partial charge in [0.2, 0.25) is 0 Å². The van der Waals surface area contributed by atoms with Crippen molar-refractivity contribution >= 4 is 29.2 Å². The Morgan fingerprint density at radius 1 is 1.08 bits per heavy atom. The highest BCUT2D eigenvalue weighted by Crippen LogP contribution is 2.33. The molecule has 4 aliphatic rings. The summed E-state index contributed by atoms with van der Waals surface area (Å²) in [5.41, 5.74) is -0.323. The number of anilines is 2. The van der Waals surface area contributed by atoms with Gasteiger partial charge in [0.05, 0.1) is 36.7 Å². The molecule has 7 rings (SSSR count). The fourth-order valence-electron chi connectivity index (χ4n) is 7.81. The fourth-order valence-corrected chi connectivity index (χ4v) is 7.81. The van der Waals surface area contributed by atoms with E-state index in [2.05, 4.69) is 25.3 Å². The number of alkyl halides is 2. The lowest BCUT2D eigenvalue weighted by atomic mass is 9.91. The van der Waals surface area contributed by atoms with Crippen LogP contribution in [0, 0.1) is 5.92 Å². The number of ether oxygens (including phenoxy) is 2. The van der Waals surface area contributed by atoms with Gasteiger partial charge < -0.3 is 29.5 Å². The number of halogens is 2. The summed E-state index contributed by atoms with van der Waals surface area (Å²) in [4.78, 5) is 36.9. The van der Waals surface area contributed by atoms with Gasteiger partial charge in [-0.25, -0.2) is 23.1 Å². The Labute approximate surface area is 291 Å².